The van der Waals surface area contributed by atoms with Crippen LogP contribution in [0.2, 0.25) is 0 Å². The molecule has 8 nitrogen and oxygen atoms in total. The number of halogens is 1. The second kappa shape index (κ2) is 10.7. The number of aromatic amines is 1. The van der Waals surface area contributed by atoms with Crippen LogP contribution in [0.4, 0.5) is 4.39 Å². The second-order valence-electron chi connectivity index (χ2n) is 9.20. The lowest BCUT2D eigenvalue weighted by Gasteiger charge is -2.14. The molecule has 0 bridgehead atoms. The van der Waals surface area contributed by atoms with Gasteiger partial charge in [0.1, 0.15) is 11.6 Å². The molecular weight excluding hydrogens is 519 g/mol. The average molecular weight is 545 g/mol. The van der Waals surface area contributed by atoms with Gasteiger partial charge in [-0.25, -0.2) is 9.37 Å². The lowest BCUT2D eigenvalue weighted by Crippen LogP contribution is -2.30. The van der Waals surface area contributed by atoms with Gasteiger partial charge in [-0.2, -0.15) is 0 Å². The molecule has 2 aromatic heterocycles. The van der Waals surface area contributed by atoms with Crippen LogP contribution in [0.5, 0.6) is 5.75 Å². The molecule has 5 aromatic rings. The van der Waals surface area contributed by atoms with Gasteiger partial charge >= 0.3 is 0 Å². The number of thioether (sulfide) groups is 1. The number of carbonyl (C=O) groups excluding carboxylic acids is 2. The predicted molar refractivity (Wildman–Crippen MR) is 150 cm³/mol. The number of benzene rings is 3. The summed E-state index contributed by atoms with van der Waals surface area (Å²) in [6.07, 6.45) is 1.64. The highest BCUT2D eigenvalue weighted by Crippen LogP contribution is 2.27. The van der Waals surface area contributed by atoms with Crippen molar-refractivity contribution in [2.45, 2.75) is 25.0 Å². The molecule has 3 aromatic carbocycles. The molecule has 0 aliphatic carbocycles. The molecule has 0 fully saturated rings. The Labute approximate surface area is 227 Å². The highest BCUT2D eigenvalue weighted by molar-refractivity contribution is 7.99. The van der Waals surface area contributed by atoms with Crippen molar-refractivity contribution in [3.63, 3.8) is 0 Å². The zero-order valence-corrected chi connectivity index (χ0v) is 22.3. The fraction of sp³-hybridized carbons (Fsp3) is 0.172. The Bertz CT molecular complexity index is 1790. The largest absolute Gasteiger partial charge is 0.497 e. The summed E-state index contributed by atoms with van der Waals surface area (Å²) in [6.45, 7) is 3.70. The summed E-state index contributed by atoms with van der Waals surface area (Å²) in [5, 5.41) is 4.00. The number of amides is 1. The van der Waals surface area contributed by atoms with Crippen LogP contribution in [0.15, 0.2) is 76.8 Å². The maximum Gasteiger partial charge on any atom is 0.266 e. The van der Waals surface area contributed by atoms with Crippen molar-refractivity contribution in [1.82, 2.24) is 19.9 Å². The van der Waals surface area contributed by atoms with Crippen LogP contribution in [-0.2, 0) is 0 Å². The van der Waals surface area contributed by atoms with Crippen molar-refractivity contribution in [1.29, 1.82) is 0 Å². The van der Waals surface area contributed by atoms with Crippen LogP contribution in [0, 0.1) is 5.82 Å². The van der Waals surface area contributed by atoms with Gasteiger partial charge in [0, 0.05) is 34.3 Å². The van der Waals surface area contributed by atoms with Crippen molar-refractivity contribution in [2.24, 2.45) is 0 Å². The molecule has 0 spiro atoms. The Morgan fingerprint density at radius 1 is 1.10 bits per heavy atom. The normalized spacial score (nSPS) is 11.3. The fourth-order valence-electron chi connectivity index (χ4n) is 4.26. The monoisotopic (exact) mass is 544 g/mol. The first-order valence-electron chi connectivity index (χ1n) is 12.2. The molecule has 5 rings (SSSR count). The second-order valence-corrected chi connectivity index (χ2v) is 10.1. The highest BCUT2D eigenvalue weighted by atomic mass is 32.2. The van der Waals surface area contributed by atoms with E-state index >= 15 is 0 Å². The van der Waals surface area contributed by atoms with E-state index in [2.05, 4.69) is 15.3 Å². The predicted octanol–water partition coefficient (Wildman–Crippen LogP) is 5.13. The lowest BCUT2D eigenvalue weighted by atomic mass is 10.1. The number of rotatable bonds is 8. The summed E-state index contributed by atoms with van der Waals surface area (Å²) in [5.74, 6) is -0.408. The zero-order valence-electron chi connectivity index (χ0n) is 21.4. The van der Waals surface area contributed by atoms with Crippen molar-refractivity contribution in [3.8, 4) is 11.4 Å². The number of ketones is 1. The third-order valence-corrected chi connectivity index (χ3v) is 7.05. The molecule has 2 N–H and O–H groups in total. The molecule has 0 saturated heterocycles. The molecule has 10 heteroatoms. The number of Topliss-reactive ketones (excluding diaryl/α,β-unsaturated/α-hetero) is 1. The highest BCUT2D eigenvalue weighted by Gasteiger charge is 2.19. The summed E-state index contributed by atoms with van der Waals surface area (Å²) in [4.78, 5) is 47.2. The van der Waals surface area contributed by atoms with E-state index in [9.17, 15) is 18.8 Å². The summed E-state index contributed by atoms with van der Waals surface area (Å²) in [6, 6.07) is 15.6. The van der Waals surface area contributed by atoms with E-state index in [0.29, 0.717) is 22.4 Å². The Morgan fingerprint density at radius 3 is 2.67 bits per heavy atom. The number of nitrogens with one attached hydrogen (secondary N) is 2. The molecule has 0 unspecified atom stereocenters. The summed E-state index contributed by atoms with van der Waals surface area (Å²) >= 11 is 1.06. The number of H-pyrrole nitrogens is 1. The molecule has 0 atom stereocenters. The molecule has 0 saturated carbocycles. The Morgan fingerprint density at radius 2 is 1.92 bits per heavy atom. The number of methoxy groups -OCH3 is 1. The molecule has 0 radical (unpaired) electrons. The lowest BCUT2D eigenvalue weighted by molar-refractivity contribution is 0.0942. The van der Waals surface area contributed by atoms with Crippen molar-refractivity contribution >= 4 is 45.3 Å². The van der Waals surface area contributed by atoms with Crippen LogP contribution < -0.4 is 15.6 Å². The number of fused-ring (bicyclic) bond motifs is 2. The van der Waals surface area contributed by atoms with Gasteiger partial charge in [-0.1, -0.05) is 17.8 Å². The van der Waals surface area contributed by atoms with E-state index in [1.807, 2.05) is 19.9 Å². The van der Waals surface area contributed by atoms with Crippen LogP contribution >= 0.6 is 11.8 Å². The summed E-state index contributed by atoms with van der Waals surface area (Å²) in [5.41, 5.74) is 1.76. The van der Waals surface area contributed by atoms with Gasteiger partial charge in [-0.3, -0.25) is 19.0 Å². The number of ether oxygens (including phenoxy) is 1. The zero-order chi connectivity index (χ0) is 27.7. The third-order valence-electron chi connectivity index (χ3n) is 6.11. The van der Waals surface area contributed by atoms with Crippen molar-refractivity contribution in [3.05, 3.63) is 94.2 Å². The van der Waals surface area contributed by atoms with Crippen LogP contribution in [0.1, 0.15) is 34.6 Å². The summed E-state index contributed by atoms with van der Waals surface area (Å²) in [7, 11) is 1.56. The Hall–Kier alpha value is -4.44. The fourth-order valence-corrected chi connectivity index (χ4v) is 5.15. The van der Waals surface area contributed by atoms with Gasteiger partial charge < -0.3 is 15.0 Å². The number of hydrogen-bond donors (Lipinski definition) is 2. The first-order valence-corrected chi connectivity index (χ1v) is 13.2. The van der Waals surface area contributed by atoms with Gasteiger partial charge in [0.05, 0.1) is 29.5 Å². The minimum Gasteiger partial charge on any atom is -0.497 e. The van der Waals surface area contributed by atoms with E-state index in [-0.39, 0.29) is 39.7 Å². The van der Waals surface area contributed by atoms with Crippen molar-refractivity contribution in [2.75, 3.05) is 12.9 Å². The smallest absolute Gasteiger partial charge is 0.266 e. The molecule has 0 aliphatic heterocycles. The Balaban J connectivity index is 1.56. The van der Waals surface area contributed by atoms with Crippen molar-refractivity contribution < 1.29 is 18.7 Å². The van der Waals surface area contributed by atoms with E-state index in [0.717, 1.165) is 22.7 Å². The quantitative estimate of drug-likeness (QED) is 0.159. The number of hydrogen-bond acceptors (Lipinski definition) is 6. The standard InChI is InChI=1S/C29H25FN4O4S/c1-16(2)32-27(36)17-7-9-21-25(11-17)33-29(34(28(21)37)19-6-4-5-18(30)12-19)39-15-26(35)23-14-31-24-10-8-20(38-3)13-22(23)24/h4-14,16,31H,15H2,1-3H3,(H,32,36). The van der Waals surface area contributed by atoms with Gasteiger partial charge in [0.15, 0.2) is 10.9 Å². The molecule has 2 heterocycles. The molecule has 198 valence electrons. The minimum absolute atomic E-state index is 0.0368. The van der Waals surface area contributed by atoms with Gasteiger partial charge in [-0.15, -0.1) is 0 Å². The van der Waals surface area contributed by atoms with E-state index in [1.165, 1.54) is 28.8 Å². The number of aromatic nitrogens is 3. The maximum absolute atomic E-state index is 14.1. The molecule has 0 aliphatic rings. The first kappa shape index (κ1) is 26.2. The third kappa shape index (κ3) is 5.28. The topological polar surface area (TPSA) is 106 Å². The Kier molecular flexibility index (Phi) is 7.21. The average Bonchev–Trinajstić information content (AvgIpc) is 3.34. The van der Waals surface area contributed by atoms with Crippen LogP contribution in [0.25, 0.3) is 27.5 Å². The van der Waals surface area contributed by atoms with Crippen LogP contribution in [0.3, 0.4) is 0 Å². The van der Waals surface area contributed by atoms with Gasteiger partial charge in [0.2, 0.25) is 0 Å². The first-order chi connectivity index (χ1) is 18.7. The molecule has 39 heavy (non-hydrogen) atoms. The van der Waals surface area contributed by atoms with Gasteiger partial charge in [-0.05, 0) is 68.4 Å². The number of carbonyl (C=O) groups is 2. The van der Waals surface area contributed by atoms with E-state index in [4.69, 9.17) is 4.74 Å². The van der Waals surface area contributed by atoms with E-state index in [1.54, 1.807) is 43.6 Å². The molecular formula is C29H25FN4O4S. The SMILES string of the molecule is COc1ccc2[nH]cc(C(=O)CSc3nc4cc(C(=O)NC(C)C)ccc4c(=O)n3-c3cccc(F)c3)c2c1. The van der Waals surface area contributed by atoms with Crippen LogP contribution in [-0.4, -0.2) is 45.1 Å². The number of nitrogens with zero attached hydrogens (tertiary/aromatic N) is 2. The summed E-state index contributed by atoms with van der Waals surface area (Å²) < 4.78 is 20.7. The minimum atomic E-state index is -0.514. The van der Waals surface area contributed by atoms with E-state index < -0.39 is 11.4 Å². The maximum atomic E-state index is 14.1. The van der Waals surface area contributed by atoms with Gasteiger partial charge in [0.25, 0.3) is 11.5 Å². The molecule has 1 amide bonds.